The fraction of sp³-hybridized carbons (Fsp3) is 0.227. The Bertz CT molecular complexity index is 945. The monoisotopic (exact) mass is 392 g/mol. The molecule has 28 heavy (non-hydrogen) atoms. The van der Waals surface area contributed by atoms with E-state index in [1.165, 1.54) is 4.90 Å². The molecule has 0 bridgehead atoms. The Labute approximate surface area is 168 Å². The second-order valence-electron chi connectivity index (χ2n) is 6.31. The van der Waals surface area contributed by atoms with E-state index in [1.54, 1.807) is 30.3 Å². The Kier molecular flexibility index (Phi) is 6.51. The maximum atomic E-state index is 12.7. The number of thioether (sulfide) groups is 1. The van der Waals surface area contributed by atoms with Crippen molar-refractivity contribution in [3.8, 4) is 11.8 Å². The largest absolute Gasteiger partial charge is 0.494 e. The summed E-state index contributed by atoms with van der Waals surface area (Å²) in [5.74, 6) is 0.442. The number of rotatable bonds is 7. The molecule has 2 aromatic rings. The minimum atomic E-state index is -0.342. The molecule has 0 aliphatic carbocycles. The van der Waals surface area contributed by atoms with Crippen molar-refractivity contribution in [1.82, 2.24) is 4.90 Å². The van der Waals surface area contributed by atoms with Crippen molar-refractivity contribution < 1.29 is 14.3 Å². The van der Waals surface area contributed by atoms with Crippen LogP contribution in [0.5, 0.6) is 5.75 Å². The van der Waals surface area contributed by atoms with Gasteiger partial charge in [0, 0.05) is 0 Å². The molecule has 6 heteroatoms. The lowest BCUT2D eigenvalue weighted by molar-refractivity contribution is -0.123. The van der Waals surface area contributed by atoms with Gasteiger partial charge in [0.2, 0.25) is 0 Å². The summed E-state index contributed by atoms with van der Waals surface area (Å²) in [6.45, 7) is 2.88. The summed E-state index contributed by atoms with van der Waals surface area (Å²) in [5, 5.41) is 8.87. The second kappa shape index (κ2) is 9.25. The summed E-state index contributed by atoms with van der Waals surface area (Å²) in [6.07, 6.45) is 3.79. The van der Waals surface area contributed by atoms with E-state index in [2.05, 4.69) is 13.0 Å². The maximum absolute atomic E-state index is 12.7. The van der Waals surface area contributed by atoms with Gasteiger partial charge in [-0.1, -0.05) is 43.7 Å². The van der Waals surface area contributed by atoms with Crippen LogP contribution in [0.15, 0.2) is 53.4 Å². The fourth-order valence-corrected chi connectivity index (χ4v) is 3.56. The van der Waals surface area contributed by atoms with Gasteiger partial charge in [0.25, 0.3) is 11.1 Å². The van der Waals surface area contributed by atoms with Gasteiger partial charge in [0.05, 0.1) is 29.7 Å². The van der Waals surface area contributed by atoms with E-state index >= 15 is 0 Å². The fourth-order valence-electron chi connectivity index (χ4n) is 2.72. The summed E-state index contributed by atoms with van der Waals surface area (Å²) >= 11 is 0.915. The van der Waals surface area contributed by atoms with E-state index in [-0.39, 0.29) is 17.7 Å². The number of hydrogen-bond acceptors (Lipinski definition) is 5. The SMILES string of the molecule is CCCCOc1ccc(/C=C2\SC(=O)N(Cc3ccccc3C#N)C2=O)cc1. The highest BCUT2D eigenvalue weighted by Crippen LogP contribution is 2.33. The number of nitriles is 1. The highest BCUT2D eigenvalue weighted by molar-refractivity contribution is 8.18. The molecule has 0 atom stereocenters. The van der Waals surface area contributed by atoms with Crippen molar-refractivity contribution in [2.75, 3.05) is 6.61 Å². The van der Waals surface area contributed by atoms with Crippen molar-refractivity contribution in [2.45, 2.75) is 26.3 Å². The molecule has 0 aromatic heterocycles. The molecule has 0 N–H and O–H groups in total. The molecule has 2 amide bonds. The number of benzene rings is 2. The van der Waals surface area contributed by atoms with Crippen LogP contribution in [0.25, 0.3) is 6.08 Å². The van der Waals surface area contributed by atoms with Gasteiger partial charge in [-0.2, -0.15) is 5.26 Å². The van der Waals surface area contributed by atoms with E-state index in [0.29, 0.717) is 22.6 Å². The van der Waals surface area contributed by atoms with Crippen LogP contribution in [0.4, 0.5) is 4.79 Å². The predicted octanol–water partition coefficient (Wildman–Crippen LogP) is 4.97. The number of amides is 2. The first-order valence-corrected chi connectivity index (χ1v) is 9.90. The van der Waals surface area contributed by atoms with Gasteiger partial charge in [-0.25, -0.2) is 0 Å². The van der Waals surface area contributed by atoms with E-state index in [9.17, 15) is 14.9 Å². The molecular weight excluding hydrogens is 372 g/mol. The summed E-state index contributed by atoms with van der Waals surface area (Å²) in [4.78, 5) is 26.5. The minimum Gasteiger partial charge on any atom is -0.494 e. The van der Waals surface area contributed by atoms with Gasteiger partial charge in [-0.3, -0.25) is 14.5 Å². The molecule has 1 saturated heterocycles. The molecule has 5 nitrogen and oxygen atoms in total. The van der Waals surface area contributed by atoms with Gasteiger partial charge in [0.1, 0.15) is 5.75 Å². The summed E-state index contributed by atoms with van der Waals surface area (Å²) in [5.41, 5.74) is 1.94. The first-order chi connectivity index (χ1) is 13.6. The first kappa shape index (κ1) is 19.7. The molecule has 1 aliphatic heterocycles. The van der Waals surface area contributed by atoms with Gasteiger partial charge in [-0.15, -0.1) is 0 Å². The smallest absolute Gasteiger partial charge is 0.293 e. The van der Waals surface area contributed by atoms with Gasteiger partial charge in [-0.05, 0) is 53.6 Å². The number of imide groups is 1. The van der Waals surface area contributed by atoms with Gasteiger partial charge in [0.15, 0.2) is 0 Å². The van der Waals surface area contributed by atoms with E-state index in [0.717, 1.165) is 35.9 Å². The van der Waals surface area contributed by atoms with Crippen LogP contribution in [0.3, 0.4) is 0 Å². The van der Waals surface area contributed by atoms with Crippen molar-refractivity contribution in [2.24, 2.45) is 0 Å². The van der Waals surface area contributed by atoms with E-state index in [4.69, 9.17) is 4.74 Å². The zero-order valence-electron chi connectivity index (χ0n) is 15.6. The zero-order chi connectivity index (χ0) is 19.9. The van der Waals surface area contributed by atoms with Crippen molar-refractivity contribution in [1.29, 1.82) is 5.26 Å². The normalized spacial score (nSPS) is 15.1. The Morgan fingerprint density at radius 2 is 1.89 bits per heavy atom. The highest BCUT2D eigenvalue weighted by Gasteiger charge is 2.35. The van der Waals surface area contributed by atoms with E-state index < -0.39 is 0 Å². The molecule has 142 valence electrons. The number of carbonyl (C=O) groups is 2. The lowest BCUT2D eigenvalue weighted by atomic mass is 10.1. The average Bonchev–Trinajstić information content (AvgIpc) is 2.97. The molecule has 3 rings (SSSR count). The van der Waals surface area contributed by atoms with Crippen molar-refractivity contribution in [3.05, 3.63) is 70.1 Å². The zero-order valence-corrected chi connectivity index (χ0v) is 16.4. The van der Waals surface area contributed by atoms with Crippen molar-refractivity contribution in [3.63, 3.8) is 0 Å². The van der Waals surface area contributed by atoms with Crippen LogP contribution in [0, 0.1) is 11.3 Å². The molecule has 1 heterocycles. The Balaban J connectivity index is 1.71. The average molecular weight is 392 g/mol. The lowest BCUT2D eigenvalue weighted by Crippen LogP contribution is -2.27. The van der Waals surface area contributed by atoms with Gasteiger partial charge < -0.3 is 4.74 Å². The van der Waals surface area contributed by atoms with Crippen LogP contribution in [0.1, 0.15) is 36.5 Å². The lowest BCUT2D eigenvalue weighted by Gasteiger charge is -2.13. The summed E-state index contributed by atoms with van der Waals surface area (Å²) in [6, 6.07) is 16.5. The van der Waals surface area contributed by atoms with Crippen molar-refractivity contribution >= 4 is 29.0 Å². The quantitative estimate of drug-likeness (QED) is 0.491. The summed E-state index contributed by atoms with van der Waals surface area (Å²) in [7, 11) is 0. The molecule has 0 spiro atoms. The number of carbonyl (C=O) groups excluding carboxylic acids is 2. The third-order valence-corrected chi connectivity index (χ3v) is 5.19. The number of nitrogens with zero attached hydrogens (tertiary/aromatic N) is 2. The highest BCUT2D eigenvalue weighted by atomic mass is 32.2. The molecule has 0 saturated carbocycles. The molecule has 0 radical (unpaired) electrons. The summed E-state index contributed by atoms with van der Waals surface area (Å²) < 4.78 is 5.63. The van der Waals surface area contributed by atoms with Crippen LogP contribution >= 0.6 is 11.8 Å². The minimum absolute atomic E-state index is 0.0932. The third kappa shape index (κ3) is 4.62. The number of hydrogen-bond donors (Lipinski definition) is 0. The van der Waals surface area contributed by atoms with E-state index in [1.807, 2.05) is 24.3 Å². The number of ether oxygens (including phenoxy) is 1. The van der Waals surface area contributed by atoms with Crippen LogP contribution < -0.4 is 4.74 Å². The Morgan fingerprint density at radius 1 is 1.14 bits per heavy atom. The van der Waals surface area contributed by atoms with Gasteiger partial charge >= 0.3 is 0 Å². The molecule has 2 aromatic carbocycles. The second-order valence-corrected chi connectivity index (χ2v) is 7.30. The topological polar surface area (TPSA) is 70.4 Å². The molecule has 1 fully saturated rings. The standard InChI is InChI=1S/C22H20N2O3S/c1-2-3-12-27-19-10-8-16(9-11-19)13-20-21(25)24(22(26)28-20)15-18-7-5-4-6-17(18)14-23/h4-11,13H,2-3,12,15H2,1H3/b20-13-. The first-order valence-electron chi connectivity index (χ1n) is 9.08. The Hall–Kier alpha value is -3.04. The molecule has 1 aliphatic rings. The molecule has 0 unspecified atom stereocenters. The maximum Gasteiger partial charge on any atom is 0.293 e. The van der Waals surface area contributed by atoms with Crippen LogP contribution in [-0.2, 0) is 11.3 Å². The molecular formula is C22H20N2O3S. The predicted molar refractivity (Wildman–Crippen MR) is 110 cm³/mol. The number of unbranched alkanes of at least 4 members (excludes halogenated alkanes) is 1. The third-order valence-electron chi connectivity index (χ3n) is 4.28. The Morgan fingerprint density at radius 3 is 2.61 bits per heavy atom. The van der Waals surface area contributed by atoms with Crippen LogP contribution in [0.2, 0.25) is 0 Å². The van der Waals surface area contributed by atoms with Crippen LogP contribution in [-0.4, -0.2) is 22.7 Å².